The summed E-state index contributed by atoms with van der Waals surface area (Å²) in [7, 11) is -3.51. The van der Waals surface area contributed by atoms with Crippen LogP contribution in [-0.2, 0) is 19.7 Å². The van der Waals surface area contributed by atoms with Crippen molar-refractivity contribution in [3.8, 4) is 0 Å². The molecule has 3 saturated heterocycles. The van der Waals surface area contributed by atoms with E-state index >= 15 is 0 Å². The SMILES string of the molecule is O=C(NC1CCN(S(=O)(=O)N2CCOCC2)CC1)C1CC(F)(F)CN1. The Labute approximate surface area is 146 Å². The Bertz CT molecular complexity index is 590. The third kappa shape index (κ3) is 4.45. The lowest BCUT2D eigenvalue weighted by molar-refractivity contribution is -0.124. The highest BCUT2D eigenvalue weighted by Crippen LogP contribution is 2.25. The van der Waals surface area contributed by atoms with Crippen LogP contribution in [0.1, 0.15) is 19.3 Å². The molecule has 0 aromatic rings. The summed E-state index contributed by atoms with van der Waals surface area (Å²) >= 11 is 0. The van der Waals surface area contributed by atoms with Crippen LogP contribution in [0, 0.1) is 0 Å². The Hall–Kier alpha value is -0.880. The van der Waals surface area contributed by atoms with Crippen LogP contribution in [0.5, 0.6) is 0 Å². The number of morpholine rings is 1. The molecule has 1 amide bonds. The van der Waals surface area contributed by atoms with Gasteiger partial charge in [0.2, 0.25) is 5.91 Å². The molecule has 3 fully saturated rings. The molecule has 0 aromatic heterocycles. The molecule has 3 rings (SSSR count). The van der Waals surface area contributed by atoms with E-state index in [1.54, 1.807) is 0 Å². The lowest BCUT2D eigenvalue weighted by atomic mass is 10.1. The number of amides is 1. The number of ether oxygens (including phenoxy) is 1. The van der Waals surface area contributed by atoms with Crippen LogP contribution in [0.3, 0.4) is 0 Å². The van der Waals surface area contributed by atoms with Crippen molar-refractivity contribution in [2.24, 2.45) is 0 Å². The van der Waals surface area contributed by atoms with Crippen LogP contribution in [0.15, 0.2) is 0 Å². The van der Waals surface area contributed by atoms with Gasteiger partial charge in [-0.3, -0.25) is 10.1 Å². The van der Waals surface area contributed by atoms with E-state index in [0.717, 1.165) is 0 Å². The number of piperidine rings is 1. The van der Waals surface area contributed by atoms with Gasteiger partial charge in [-0.1, -0.05) is 0 Å². The van der Waals surface area contributed by atoms with Gasteiger partial charge in [-0.15, -0.1) is 0 Å². The van der Waals surface area contributed by atoms with Crippen LogP contribution in [-0.4, -0.2) is 86.9 Å². The smallest absolute Gasteiger partial charge is 0.282 e. The summed E-state index contributed by atoms with van der Waals surface area (Å²) in [5, 5.41) is 5.29. The molecule has 1 atom stereocenters. The van der Waals surface area contributed by atoms with Crippen LogP contribution >= 0.6 is 0 Å². The van der Waals surface area contributed by atoms with E-state index < -0.39 is 41.0 Å². The standard InChI is InChI=1S/C14H24F2N4O4S/c15-14(16)9-12(17-10-14)13(21)18-11-1-3-19(4-2-11)25(22,23)20-5-7-24-8-6-20/h11-12,17H,1-10H2,(H,18,21). The zero-order chi connectivity index (χ0) is 18.1. The number of carbonyl (C=O) groups excluding carboxylic acids is 1. The maximum atomic E-state index is 13.2. The van der Waals surface area contributed by atoms with Crippen molar-refractivity contribution in [1.29, 1.82) is 0 Å². The third-order valence-electron chi connectivity index (χ3n) is 4.85. The van der Waals surface area contributed by atoms with E-state index in [2.05, 4.69) is 10.6 Å². The van der Waals surface area contributed by atoms with Crippen molar-refractivity contribution < 1.29 is 26.7 Å². The van der Waals surface area contributed by atoms with Gasteiger partial charge in [0.15, 0.2) is 0 Å². The Morgan fingerprint density at radius 1 is 1.12 bits per heavy atom. The molecule has 1 unspecified atom stereocenters. The first-order chi connectivity index (χ1) is 11.8. The second-order valence-corrected chi connectivity index (χ2v) is 8.62. The van der Waals surface area contributed by atoms with Crippen molar-refractivity contribution >= 4 is 16.1 Å². The second-order valence-electron chi connectivity index (χ2n) is 6.69. The van der Waals surface area contributed by atoms with Gasteiger partial charge in [0.25, 0.3) is 16.1 Å². The highest BCUT2D eigenvalue weighted by Gasteiger charge is 2.43. The molecule has 144 valence electrons. The number of carbonyl (C=O) groups is 1. The molecule has 25 heavy (non-hydrogen) atoms. The molecule has 3 heterocycles. The molecule has 11 heteroatoms. The first kappa shape index (κ1) is 18.9. The summed E-state index contributed by atoms with van der Waals surface area (Å²) in [6.07, 6.45) is 0.444. The van der Waals surface area contributed by atoms with Gasteiger partial charge in [0, 0.05) is 38.6 Å². The average Bonchev–Trinajstić information content (AvgIpc) is 2.96. The van der Waals surface area contributed by atoms with Crippen molar-refractivity contribution in [1.82, 2.24) is 19.2 Å². The quantitative estimate of drug-likeness (QED) is 0.661. The number of hydrogen-bond acceptors (Lipinski definition) is 5. The molecule has 3 aliphatic heterocycles. The molecule has 0 radical (unpaired) electrons. The van der Waals surface area contributed by atoms with Gasteiger partial charge < -0.3 is 10.1 Å². The van der Waals surface area contributed by atoms with E-state index in [1.807, 2.05) is 0 Å². The van der Waals surface area contributed by atoms with E-state index in [-0.39, 0.29) is 6.04 Å². The largest absolute Gasteiger partial charge is 0.379 e. The van der Waals surface area contributed by atoms with Gasteiger partial charge in [-0.05, 0) is 12.8 Å². The summed E-state index contributed by atoms with van der Waals surface area (Å²) in [5.74, 6) is -3.29. The molecule has 8 nitrogen and oxygen atoms in total. The fraction of sp³-hybridized carbons (Fsp3) is 0.929. The molecule has 0 spiro atoms. The van der Waals surface area contributed by atoms with Gasteiger partial charge in [-0.25, -0.2) is 8.78 Å². The zero-order valence-electron chi connectivity index (χ0n) is 13.9. The number of nitrogens with one attached hydrogen (secondary N) is 2. The number of alkyl halides is 2. The number of halogens is 2. The summed E-state index contributed by atoms with van der Waals surface area (Å²) < 4.78 is 59.5. The van der Waals surface area contributed by atoms with Crippen LogP contribution in [0.4, 0.5) is 8.78 Å². The predicted molar refractivity (Wildman–Crippen MR) is 85.4 cm³/mol. The fourth-order valence-corrected chi connectivity index (χ4v) is 4.98. The molecular weight excluding hydrogens is 358 g/mol. The first-order valence-electron chi connectivity index (χ1n) is 8.52. The van der Waals surface area contributed by atoms with Crippen molar-refractivity contribution in [3.05, 3.63) is 0 Å². The van der Waals surface area contributed by atoms with Gasteiger partial charge in [0.1, 0.15) is 0 Å². The minimum Gasteiger partial charge on any atom is -0.379 e. The molecule has 0 aliphatic carbocycles. The van der Waals surface area contributed by atoms with Gasteiger partial charge in [0.05, 0.1) is 25.8 Å². The Morgan fingerprint density at radius 3 is 2.28 bits per heavy atom. The predicted octanol–water partition coefficient (Wildman–Crippen LogP) is -0.859. The van der Waals surface area contributed by atoms with E-state index in [0.29, 0.717) is 52.2 Å². The highest BCUT2D eigenvalue weighted by atomic mass is 32.2. The van der Waals surface area contributed by atoms with E-state index in [1.165, 1.54) is 8.61 Å². The molecule has 3 aliphatic rings. The monoisotopic (exact) mass is 382 g/mol. The Morgan fingerprint density at radius 2 is 1.72 bits per heavy atom. The summed E-state index contributed by atoms with van der Waals surface area (Å²) in [6, 6.07) is -1.08. The second kappa shape index (κ2) is 7.39. The van der Waals surface area contributed by atoms with Crippen LogP contribution < -0.4 is 10.6 Å². The topological polar surface area (TPSA) is 91.0 Å². The summed E-state index contributed by atoms with van der Waals surface area (Å²) in [6.45, 7) is 1.61. The van der Waals surface area contributed by atoms with Crippen molar-refractivity contribution in [2.75, 3.05) is 45.9 Å². The van der Waals surface area contributed by atoms with Gasteiger partial charge in [-0.2, -0.15) is 17.0 Å². The highest BCUT2D eigenvalue weighted by molar-refractivity contribution is 7.86. The number of hydrogen-bond donors (Lipinski definition) is 2. The van der Waals surface area contributed by atoms with Crippen LogP contribution in [0.2, 0.25) is 0 Å². The molecule has 2 N–H and O–H groups in total. The lowest BCUT2D eigenvalue weighted by Gasteiger charge is -2.36. The minimum atomic E-state index is -3.51. The first-order valence-corrected chi connectivity index (χ1v) is 9.92. The fourth-order valence-electron chi connectivity index (χ4n) is 3.37. The maximum absolute atomic E-state index is 13.2. The lowest BCUT2D eigenvalue weighted by Crippen LogP contribution is -2.54. The maximum Gasteiger partial charge on any atom is 0.282 e. The minimum absolute atomic E-state index is 0.195. The third-order valence-corrected chi connectivity index (χ3v) is 6.88. The zero-order valence-corrected chi connectivity index (χ0v) is 14.7. The normalized spacial score (nSPS) is 29.6. The van der Waals surface area contributed by atoms with Gasteiger partial charge >= 0.3 is 0 Å². The van der Waals surface area contributed by atoms with E-state index in [4.69, 9.17) is 4.74 Å². The van der Waals surface area contributed by atoms with E-state index in [9.17, 15) is 22.0 Å². The summed E-state index contributed by atoms with van der Waals surface area (Å²) in [4.78, 5) is 12.1. The van der Waals surface area contributed by atoms with Crippen LogP contribution in [0.25, 0.3) is 0 Å². The number of rotatable bonds is 4. The number of nitrogens with zero attached hydrogens (tertiary/aromatic N) is 2. The molecule has 0 bridgehead atoms. The summed E-state index contributed by atoms with van der Waals surface area (Å²) in [5.41, 5.74) is 0. The molecule has 0 aromatic carbocycles. The Balaban J connectivity index is 1.48. The van der Waals surface area contributed by atoms with Crippen molar-refractivity contribution in [2.45, 2.75) is 37.3 Å². The average molecular weight is 382 g/mol. The molecular formula is C14H24F2N4O4S. The molecule has 0 saturated carbocycles. The van der Waals surface area contributed by atoms with Crippen molar-refractivity contribution in [3.63, 3.8) is 0 Å². The Kier molecular flexibility index (Phi) is 5.59.